The molecule has 0 bridgehead atoms. The number of carbonyl (C=O) groups is 1. The first-order valence-electron chi connectivity index (χ1n) is 2.80. The van der Waals surface area contributed by atoms with Crippen LogP contribution in [-0.2, 0) is 4.79 Å². The fraction of sp³-hybridized carbons (Fsp3) is 0.667. The van der Waals surface area contributed by atoms with Crippen LogP contribution in [0.3, 0.4) is 0 Å². The maximum Gasteiger partial charge on any atom is 0.320 e. The van der Waals surface area contributed by atoms with Gasteiger partial charge >= 0.3 is 5.97 Å². The summed E-state index contributed by atoms with van der Waals surface area (Å²) in [6.45, 7) is 0.954. The molecule has 0 spiro atoms. The van der Waals surface area contributed by atoms with Crippen molar-refractivity contribution in [3.8, 4) is 0 Å². The highest BCUT2D eigenvalue weighted by atomic mass is 16.4. The first-order chi connectivity index (χ1) is 3.89. The van der Waals surface area contributed by atoms with Crippen LogP contribution in [0.25, 0.3) is 0 Å². The lowest BCUT2D eigenvalue weighted by Crippen LogP contribution is -2.25. The third-order valence-corrected chi connectivity index (χ3v) is 0.310. The largest absolute Gasteiger partial charge is 0.480 e. The van der Waals surface area contributed by atoms with Crippen LogP contribution in [0.2, 0.25) is 2.82 Å². The van der Waals surface area contributed by atoms with Crippen molar-refractivity contribution < 1.29 is 14.1 Å². The number of nitrogens with two attached hydrogens (primary N) is 1. The molecule has 0 aliphatic rings. The van der Waals surface area contributed by atoms with Gasteiger partial charge in [-0.25, -0.2) is 0 Å². The molecule has 6 heavy (non-hydrogen) atoms. The van der Waals surface area contributed by atoms with Crippen LogP contribution in [0, 0.1) is 0 Å². The van der Waals surface area contributed by atoms with E-state index in [0.717, 1.165) is 6.92 Å². The number of aliphatic carboxylic acids is 1. The summed E-state index contributed by atoms with van der Waals surface area (Å²) in [7, 11) is 0. The second-order valence-electron chi connectivity index (χ2n) is 0.891. The number of hydrogen-bond donors (Lipinski definition) is 2. The molecule has 0 saturated carbocycles. The van der Waals surface area contributed by atoms with Gasteiger partial charge in [-0.1, -0.05) is 0 Å². The fourth-order valence-electron chi connectivity index (χ4n) is 0. The van der Waals surface area contributed by atoms with Crippen LogP contribution in [0.15, 0.2) is 0 Å². The van der Waals surface area contributed by atoms with Gasteiger partial charge in [0.1, 0.15) is 8.84 Å². The van der Waals surface area contributed by atoms with Gasteiger partial charge in [0.05, 0.1) is 1.37 Å². The van der Waals surface area contributed by atoms with E-state index in [-0.39, 0.29) is 5.72 Å². The molecule has 0 aliphatic carbocycles. The van der Waals surface area contributed by atoms with Crippen LogP contribution in [-0.4, -0.2) is 17.1 Å². The van der Waals surface area contributed by atoms with Crippen LogP contribution in [0.4, 0.5) is 0 Å². The van der Waals surface area contributed by atoms with Crippen molar-refractivity contribution in [1.29, 1.82) is 0 Å². The molecule has 3 nitrogen and oxygen atoms in total. The quantitative estimate of drug-likeness (QED) is 0.479. The molecule has 0 radical (unpaired) electrons. The molecule has 0 amide bonds. The van der Waals surface area contributed by atoms with Gasteiger partial charge in [-0.3, -0.25) is 4.79 Å². The van der Waals surface area contributed by atoms with Crippen LogP contribution < -0.4 is 5.72 Å². The molecule has 36 valence electrons. The van der Waals surface area contributed by atoms with E-state index in [4.69, 9.17) is 9.30 Å². The monoisotopic (exact) mass is 92.1 g/mol. The van der Waals surface area contributed by atoms with Crippen molar-refractivity contribution in [2.75, 3.05) is 0 Å². The molecular weight excluding hydrogens is 82.0 g/mol. The highest BCUT2D eigenvalue weighted by molar-refractivity contribution is 5.72. The van der Waals surface area contributed by atoms with Crippen molar-refractivity contribution in [3.63, 3.8) is 0 Å². The number of rotatable bonds is 2. The van der Waals surface area contributed by atoms with E-state index >= 15 is 0 Å². The minimum atomic E-state index is -2.17. The number of carboxylic acids is 1. The van der Waals surface area contributed by atoms with E-state index in [0.29, 0.717) is 0 Å². The molecule has 3 heteroatoms. The van der Waals surface area contributed by atoms with Gasteiger partial charge in [0.15, 0.2) is 0 Å². The number of carboxylic acid groups (broad SMARTS) is 1. The summed E-state index contributed by atoms with van der Waals surface area (Å²) in [5.41, 5.74) is -0.171. The summed E-state index contributed by atoms with van der Waals surface area (Å²) in [5.74, 6) is -1.51. The first kappa shape index (κ1) is 1.93. The van der Waals surface area contributed by atoms with E-state index < -0.39 is 12.0 Å². The Morgan fingerprint density at radius 1 is 2.50 bits per heavy atom. The van der Waals surface area contributed by atoms with E-state index in [9.17, 15) is 4.79 Å². The lowest BCUT2D eigenvalue weighted by Gasteiger charge is -1.90. The Kier molecular flexibility index (Phi) is 0.569. The average molecular weight is 92.1 g/mol. The number of hydrogen-bond acceptors (Lipinski definition) is 2. The molecule has 0 rings (SSSR count). The molecule has 3 N–H and O–H groups in total. The minimum Gasteiger partial charge on any atom is -0.480 e. The first-order valence-corrected chi connectivity index (χ1v) is 1.40. The van der Waals surface area contributed by atoms with Crippen molar-refractivity contribution in [1.82, 2.24) is 0 Å². The molecular formula is C3H7NO2. The van der Waals surface area contributed by atoms with Gasteiger partial charge in [-0.15, -0.1) is 0 Å². The third kappa shape index (κ3) is 1.72. The second kappa shape index (κ2) is 1.77. The second-order valence-corrected chi connectivity index (χ2v) is 0.891. The van der Waals surface area contributed by atoms with E-state index in [1.54, 1.807) is 0 Å². The Hall–Kier alpha value is -0.570. The average Bonchev–Trinajstić information content (AvgIpc) is 1.65. The maximum atomic E-state index is 9.99. The zero-order chi connectivity index (χ0) is 7.65. The Bertz CT molecular complexity index is 124. The fourth-order valence-corrected chi connectivity index (χ4v) is 0. The van der Waals surface area contributed by atoms with Gasteiger partial charge in [0.25, 0.3) is 0 Å². The molecule has 0 aliphatic heterocycles. The highest BCUT2D eigenvalue weighted by Crippen LogP contribution is 1.68. The zero-order valence-electron chi connectivity index (χ0n) is 6.30. The molecule has 0 aromatic rings. The van der Waals surface area contributed by atoms with Gasteiger partial charge in [-0.2, -0.15) is 0 Å². The predicted molar refractivity (Wildman–Crippen MR) is 21.3 cm³/mol. The van der Waals surface area contributed by atoms with Gasteiger partial charge in [-0.05, 0) is 6.92 Å². The molecule has 1 atom stereocenters. The van der Waals surface area contributed by atoms with Crippen molar-refractivity contribution in [3.05, 3.63) is 0 Å². The summed E-state index contributed by atoms with van der Waals surface area (Å²) >= 11 is 0. The van der Waals surface area contributed by atoms with E-state index in [2.05, 4.69) is 0 Å². The minimum absolute atomic E-state index is 0.171. The van der Waals surface area contributed by atoms with Crippen molar-refractivity contribution in [2.45, 2.75) is 12.9 Å². The van der Waals surface area contributed by atoms with Gasteiger partial charge in [0.2, 0.25) is 0 Å². The van der Waals surface area contributed by atoms with E-state index in [1.165, 1.54) is 0 Å². The van der Waals surface area contributed by atoms with Crippen LogP contribution in [0.5, 0.6) is 0 Å². The predicted octanol–water partition coefficient (Wildman–Crippen LogP) is -0.582. The molecule has 0 saturated heterocycles. The Morgan fingerprint density at radius 2 is 3.00 bits per heavy atom. The van der Waals surface area contributed by atoms with Gasteiger partial charge < -0.3 is 10.8 Å². The molecule has 1 unspecified atom stereocenters. The van der Waals surface area contributed by atoms with E-state index in [1.807, 2.05) is 0 Å². The topological polar surface area (TPSA) is 63.3 Å². The molecule has 0 aromatic carbocycles. The zero-order valence-corrected chi connectivity index (χ0v) is 3.30. The SMILES string of the molecule is [2H]N([2H])C([2H])(C)C(=O)O. The smallest absolute Gasteiger partial charge is 0.320 e. The lowest BCUT2D eigenvalue weighted by atomic mass is 10.4. The standard InChI is InChI=1S/C3H7NO2/c1-2(4)3(5)6/h2H,4H2,1H3,(H,5,6)/i2D/hD2. The summed E-state index contributed by atoms with van der Waals surface area (Å²) in [6.07, 6.45) is 0. The molecule has 0 aromatic heterocycles. The molecule has 0 fully saturated rings. The summed E-state index contributed by atoms with van der Waals surface area (Å²) < 4.78 is 19.7. The molecule has 0 heterocycles. The summed E-state index contributed by atoms with van der Waals surface area (Å²) in [5, 5.41) is 8.14. The van der Waals surface area contributed by atoms with Crippen molar-refractivity contribution in [2.24, 2.45) is 5.72 Å². The van der Waals surface area contributed by atoms with Crippen molar-refractivity contribution >= 4 is 5.97 Å². The highest BCUT2D eigenvalue weighted by Gasteiger charge is 1.99. The third-order valence-electron chi connectivity index (χ3n) is 0.310. The Morgan fingerprint density at radius 3 is 3.00 bits per heavy atom. The summed E-state index contributed by atoms with van der Waals surface area (Å²) in [6, 6.07) is -2.17. The normalized spacial score (nSPS) is 26.7. The lowest BCUT2D eigenvalue weighted by molar-refractivity contribution is -0.138. The maximum absolute atomic E-state index is 9.99. The van der Waals surface area contributed by atoms with Crippen LogP contribution in [0.1, 0.15) is 8.29 Å². The Labute approximate surface area is 40.1 Å². The Balaban J connectivity index is 4.19. The van der Waals surface area contributed by atoms with Crippen LogP contribution >= 0.6 is 0 Å². The van der Waals surface area contributed by atoms with Gasteiger partial charge in [0, 0.05) is 0 Å². The summed E-state index contributed by atoms with van der Waals surface area (Å²) in [4.78, 5) is 9.99.